The molecule has 3 unspecified atom stereocenters. The lowest BCUT2D eigenvalue weighted by Gasteiger charge is -2.36. The summed E-state index contributed by atoms with van der Waals surface area (Å²) in [4.78, 5) is 28.6. The van der Waals surface area contributed by atoms with Crippen molar-refractivity contribution in [1.29, 1.82) is 0 Å². The van der Waals surface area contributed by atoms with E-state index < -0.39 is 5.82 Å². The van der Waals surface area contributed by atoms with E-state index in [1.165, 1.54) is 6.07 Å². The number of piperidine rings is 1. The summed E-state index contributed by atoms with van der Waals surface area (Å²) in [5.74, 6) is -0.769. The fourth-order valence-corrected chi connectivity index (χ4v) is 5.64. The van der Waals surface area contributed by atoms with Gasteiger partial charge in [0.1, 0.15) is 5.82 Å². The van der Waals surface area contributed by atoms with Crippen LogP contribution in [0.4, 0.5) is 4.39 Å². The summed E-state index contributed by atoms with van der Waals surface area (Å²) in [5, 5.41) is 14.0. The van der Waals surface area contributed by atoms with E-state index in [9.17, 15) is 14.7 Å². The summed E-state index contributed by atoms with van der Waals surface area (Å²) in [6, 6.07) is 8.92. The van der Waals surface area contributed by atoms with E-state index in [-0.39, 0.29) is 42.1 Å². The van der Waals surface area contributed by atoms with Crippen LogP contribution in [0.5, 0.6) is 0 Å². The number of nitrogens with two attached hydrogens (primary N) is 1. The maximum Gasteiger partial charge on any atom is 0.258 e. The van der Waals surface area contributed by atoms with Crippen LogP contribution in [0.3, 0.4) is 0 Å². The molecular weight excluding hydrogens is 519 g/mol. The molecule has 1 aliphatic heterocycles. The average molecular weight is 565 g/mol. The molecule has 0 spiro atoms. The minimum absolute atomic E-state index is 0.00105. The lowest BCUT2D eigenvalue weighted by Crippen LogP contribution is -2.44. The van der Waals surface area contributed by atoms with Crippen molar-refractivity contribution in [1.82, 2.24) is 14.8 Å². The number of nitrogens with zero attached hydrogens (tertiary/aromatic N) is 2. The fraction of sp³-hybridized carbons (Fsp3) is 0.515. The molecule has 41 heavy (non-hydrogen) atoms. The maximum absolute atomic E-state index is 15.0. The second kappa shape index (κ2) is 13.3. The largest absolute Gasteiger partial charge is 0.396 e. The lowest BCUT2D eigenvalue weighted by molar-refractivity contribution is 0.0950. The molecule has 0 radical (unpaired) electrons. The van der Waals surface area contributed by atoms with Gasteiger partial charge in [0.15, 0.2) is 0 Å². The summed E-state index contributed by atoms with van der Waals surface area (Å²) < 4.78 is 16.7. The van der Waals surface area contributed by atoms with Gasteiger partial charge in [-0.15, -0.1) is 0 Å². The Labute approximate surface area is 242 Å². The summed E-state index contributed by atoms with van der Waals surface area (Å²) in [7, 11) is 0. The molecule has 5 rings (SSSR count). The predicted molar refractivity (Wildman–Crippen MR) is 164 cm³/mol. The molecule has 1 saturated carbocycles. The van der Waals surface area contributed by atoms with Crippen LogP contribution >= 0.6 is 0 Å². The molecule has 222 valence electrons. The van der Waals surface area contributed by atoms with Crippen LogP contribution in [-0.4, -0.2) is 52.3 Å². The van der Waals surface area contributed by atoms with Gasteiger partial charge in [0.25, 0.3) is 11.5 Å². The second-order valence-corrected chi connectivity index (χ2v) is 11.5. The number of pyridine rings is 1. The molecule has 2 fully saturated rings. The van der Waals surface area contributed by atoms with Crippen molar-refractivity contribution in [3.63, 3.8) is 0 Å². The summed E-state index contributed by atoms with van der Waals surface area (Å²) in [6.07, 6.45) is 5.84. The van der Waals surface area contributed by atoms with E-state index in [1.807, 2.05) is 39.1 Å². The summed E-state index contributed by atoms with van der Waals surface area (Å²) >= 11 is 0. The van der Waals surface area contributed by atoms with Gasteiger partial charge in [0, 0.05) is 55.0 Å². The second-order valence-electron chi connectivity index (χ2n) is 11.5. The number of amides is 1. The molecule has 2 heterocycles. The number of nitrogens with one attached hydrogen (secondary N) is 1. The smallest absolute Gasteiger partial charge is 0.258 e. The number of likely N-dealkylation sites (tertiary alicyclic amines) is 1. The van der Waals surface area contributed by atoms with Crippen molar-refractivity contribution >= 4 is 16.7 Å². The number of aromatic nitrogens is 1. The van der Waals surface area contributed by atoms with Crippen LogP contribution in [0.25, 0.3) is 21.9 Å². The Morgan fingerprint density at radius 3 is 2.54 bits per heavy atom. The zero-order valence-corrected chi connectivity index (χ0v) is 25.0. The highest BCUT2D eigenvalue weighted by Crippen LogP contribution is 2.34. The Morgan fingerprint density at radius 2 is 1.88 bits per heavy atom. The van der Waals surface area contributed by atoms with Crippen LogP contribution in [0.2, 0.25) is 0 Å². The van der Waals surface area contributed by atoms with Gasteiger partial charge in [-0.3, -0.25) is 14.5 Å². The Kier molecular flexibility index (Phi) is 10.00. The summed E-state index contributed by atoms with van der Waals surface area (Å²) in [5.41, 5.74) is 9.31. The molecule has 3 aromatic rings. The van der Waals surface area contributed by atoms with Gasteiger partial charge in [-0.25, -0.2) is 4.39 Å². The molecular formula is C33H45FN4O3. The van der Waals surface area contributed by atoms with E-state index in [0.29, 0.717) is 28.6 Å². The third-order valence-corrected chi connectivity index (χ3v) is 8.25. The Bertz CT molecular complexity index is 1450. The zero-order chi connectivity index (χ0) is 29.8. The molecule has 1 aromatic heterocycles. The number of halogens is 1. The van der Waals surface area contributed by atoms with Crippen LogP contribution in [0.1, 0.15) is 80.9 Å². The highest BCUT2D eigenvalue weighted by molar-refractivity contribution is 5.97. The first-order valence-corrected chi connectivity index (χ1v) is 15.0. The number of rotatable bonds is 8. The topological polar surface area (TPSA) is 101 Å². The standard InChI is InChI=1S/C31H39FN4O3.C2H6/c1-18(17-37)14-36-16-28(20(3)35-10-4-5-23(33)15-35)27-11-21(6-9-25(27)31(36)39)26-12-22(13-29(32)19(26)2)30(38)34-24-7-8-24;1-2/h6,9,11-13,16,18,20,23-24,37H,4-5,7-8,10,14-15,17,33H2,1-3H3,(H,34,38);1-2H3. The van der Waals surface area contributed by atoms with Crippen molar-refractivity contribution in [3.8, 4) is 11.1 Å². The first kappa shape index (κ1) is 30.9. The van der Waals surface area contributed by atoms with E-state index in [1.54, 1.807) is 23.6 Å². The van der Waals surface area contributed by atoms with Gasteiger partial charge in [-0.05, 0) is 104 Å². The molecule has 8 heteroatoms. The number of carbonyl (C=O) groups excluding carboxylic acids is 1. The number of benzene rings is 2. The van der Waals surface area contributed by atoms with Crippen molar-refractivity contribution < 1.29 is 14.3 Å². The van der Waals surface area contributed by atoms with Gasteiger partial charge in [0.2, 0.25) is 0 Å². The predicted octanol–water partition coefficient (Wildman–Crippen LogP) is 5.15. The van der Waals surface area contributed by atoms with Crippen LogP contribution in [0, 0.1) is 18.7 Å². The molecule has 1 aliphatic carbocycles. The monoisotopic (exact) mass is 564 g/mol. The average Bonchev–Trinajstić information content (AvgIpc) is 3.80. The van der Waals surface area contributed by atoms with Crippen molar-refractivity contribution in [2.24, 2.45) is 11.7 Å². The van der Waals surface area contributed by atoms with Crippen LogP contribution in [0.15, 0.2) is 41.3 Å². The third-order valence-electron chi connectivity index (χ3n) is 8.25. The van der Waals surface area contributed by atoms with Gasteiger partial charge in [-0.2, -0.15) is 0 Å². The highest BCUT2D eigenvalue weighted by atomic mass is 19.1. The number of hydrogen-bond donors (Lipinski definition) is 3. The SMILES string of the molecule is CC.Cc1c(F)cc(C(=O)NC2CC2)cc1-c1ccc2c(=O)n(CC(C)CO)cc(C(C)N3CCCC(N)C3)c2c1. The highest BCUT2D eigenvalue weighted by Gasteiger charge is 2.26. The van der Waals surface area contributed by atoms with Gasteiger partial charge in [-0.1, -0.05) is 26.8 Å². The molecule has 0 bridgehead atoms. The zero-order valence-electron chi connectivity index (χ0n) is 25.0. The number of aliphatic hydroxyl groups is 1. The maximum atomic E-state index is 15.0. The van der Waals surface area contributed by atoms with E-state index in [4.69, 9.17) is 5.73 Å². The number of fused-ring (bicyclic) bond motifs is 1. The van der Waals surface area contributed by atoms with Crippen LogP contribution < -0.4 is 16.6 Å². The van der Waals surface area contributed by atoms with E-state index in [0.717, 1.165) is 55.3 Å². The van der Waals surface area contributed by atoms with Gasteiger partial charge < -0.3 is 20.7 Å². The minimum Gasteiger partial charge on any atom is -0.396 e. The summed E-state index contributed by atoms with van der Waals surface area (Å²) in [6.45, 7) is 11.9. The molecule has 2 aromatic carbocycles. The molecule has 3 atom stereocenters. The fourth-order valence-electron chi connectivity index (χ4n) is 5.64. The molecule has 1 amide bonds. The molecule has 4 N–H and O–H groups in total. The van der Waals surface area contributed by atoms with Gasteiger partial charge in [0.05, 0.1) is 0 Å². The Balaban J connectivity index is 0.00000189. The minimum atomic E-state index is -0.433. The van der Waals surface area contributed by atoms with Crippen molar-refractivity contribution in [2.45, 2.75) is 85.0 Å². The first-order valence-electron chi connectivity index (χ1n) is 15.0. The molecule has 1 saturated heterocycles. The van der Waals surface area contributed by atoms with Crippen molar-refractivity contribution in [3.05, 3.63) is 69.4 Å². The number of carbonyl (C=O) groups is 1. The van der Waals surface area contributed by atoms with E-state index in [2.05, 4.69) is 17.1 Å². The Morgan fingerprint density at radius 1 is 1.15 bits per heavy atom. The molecule has 7 nitrogen and oxygen atoms in total. The van der Waals surface area contributed by atoms with Crippen LogP contribution in [-0.2, 0) is 6.54 Å². The number of hydrogen-bond acceptors (Lipinski definition) is 5. The van der Waals surface area contributed by atoms with Crippen molar-refractivity contribution in [2.75, 3.05) is 19.7 Å². The molecule has 2 aliphatic rings. The quantitative estimate of drug-likeness (QED) is 0.352. The number of aliphatic hydroxyl groups excluding tert-OH is 1. The third kappa shape index (κ3) is 6.88. The van der Waals surface area contributed by atoms with Gasteiger partial charge >= 0.3 is 0 Å². The van der Waals surface area contributed by atoms with E-state index >= 15 is 4.39 Å². The lowest BCUT2D eigenvalue weighted by atomic mass is 9.92. The Hall–Kier alpha value is -3.07. The first-order chi connectivity index (χ1) is 19.7. The normalized spacial score (nSPS) is 18.9.